The Hall–Kier alpha value is -0.570. The Bertz CT molecular complexity index is 138. The Morgan fingerprint density at radius 3 is 2.33 bits per heavy atom. The number of hydrogen-bond donors (Lipinski definition) is 0. The third-order valence-corrected chi connectivity index (χ3v) is 1.45. The number of ether oxygens (including phenoxy) is 1. The minimum Gasteiger partial charge on any atom is -0.466 e. The van der Waals surface area contributed by atoms with E-state index < -0.39 is 0 Å². The van der Waals surface area contributed by atoms with Crippen LogP contribution >= 0.6 is 0 Å². The van der Waals surface area contributed by atoms with Gasteiger partial charge in [0.25, 0.3) is 0 Å². The summed E-state index contributed by atoms with van der Waals surface area (Å²) in [6.45, 7) is 3.38. The number of carbonyl (C=O) groups excluding carboxylic acids is 1. The van der Waals surface area contributed by atoms with Crippen molar-refractivity contribution in [2.75, 3.05) is 34.3 Å². The van der Waals surface area contributed by atoms with Crippen molar-refractivity contribution in [1.82, 2.24) is 0 Å². The molecule has 0 aromatic carbocycles. The van der Waals surface area contributed by atoms with Gasteiger partial charge < -0.3 is 9.22 Å². The smallest absolute Gasteiger partial charge is 0.311 e. The van der Waals surface area contributed by atoms with Crippen LogP contribution in [0.3, 0.4) is 0 Å². The van der Waals surface area contributed by atoms with Gasteiger partial charge in [0.15, 0.2) is 0 Å². The van der Waals surface area contributed by atoms with Gasteiger partial charge in [-0.25, -0.2) is 0 Å². The lowest BCUT2D eigenvalue weighted by Gasteiger charge is -2.23. The van der Waals surface area contributed by atoms with Gasteiger partial charge in [-0.05, 0) is 6.42 Å². The maximum Gasteiger partial charge on any atom is 0.311 e. The van der Waals surface area contributed by atoms with Gasteiger partial charge in [0, 0.05) is 0 Å². The fourth-order valence-electron chi connectivity index (χ4n) is 0.715. The Kier molecular flexibility index (Phi) is 4.90. The second-order valence-electron chi connectivity index (χ2n) is 3.98. The highest BCUT2D eigenvalue weighted by Crippen LogP contribution is 1.95. The van der Waals surface area contributed by atoms with Gasteiger partial charge in [-0.3, -0.25) is 4.79 Å². The standard InChI is InChI=1S/C9H20NO2/c1-5-8-12-9(11)6-7-10(2,3)4/h5-8H2,1-4H3/q+1. The maximum absolute atomic E-state index is 11.0. The Balaban J connectivity index is 3.44. The number of nitrogens with zero attached hydrogens (tertiary/aromatic N) is 1. The van der Waals surface area contributed by atoms with E-state index in [-0.39, 0.29) is 5.97 Å². The van der Waals surface area contributed by atoms with Gasteiger partial charge in [-0.2, -0.15) is 0 Å². The van der Waals surface area contributed by atoms with E-state index in [9.17, 15) is 4.79 Å². The third-order valence-electron chi connectivity index (χ3n) is 1.45. The monoisotopic (exact) mass is 174 g/mol. The Morgan fingerprint density at radius 1 is 1.33 bits per heavy atom. The predicted molar refractivity (Wildman–Crippen MR) is 48.8 cm³/mol. The first-order valence-corrected chi connectivity index (χ1v) is 4.42. The van der Waals surface area contributed by atoms with Crippen LogP contribution in [0.2, 0.25) is 0 Å². The van der Waals surface area contributed by atoms with Crippen LogP contribution in [0.5, 0.6) is 0 Å². The lowest BCUT2D eigenvalue weighted by atomic mass is 10.4. The molecule has 0 aromatic heterocycles. The molecule has 0 aliphatic carbocycles. The largest absolute Gasteiger partial charge is 0.466 e. The van der Waals surface area contributed by atoms with Crippen molar-refractivity contribution >= 4 is 5.97 Å². The first-order valence-electron chi connectivity index (χ1n) is 4.42. The Morgan fingerprint density at radius 2 is 1.92 bits per heavy atom. The van der Waals surface area contributed by atoms with Crippen molar-refractivity contribution < 1.29 is 14.0 Å². The zero-order valence-corrected chi connectivity index (χ0v) is 8.59. The van der Waals surface area contributed by atoms with Crippen LogP contribution in [-0.2, 0) is 9.53 Å². The van der Waals surface area contributed by atoms with Gasteiger partial charge in [0.1, 0.15) is 0 Å². The lowest BCUT2D eigenvalue weighted by Crippen LogP contribution is -2.36. The van der Waals surface area contributed by atoms with Crippen LogP contribution < -0.4 is 0 Å². The summed E-state index contributed by atoms with van der Waals surface area (Å²) in [5.74, 6) is -0.0788. The third kappa shape index (κ3) is 7.54. The Labute approximate surface area is 74.9 Å². The summed E-state index contributed by atoms with van der Waals surface area (Å²) in [5.41, 5.74) is 0. The fourth-order valence-corrected chi connectivity index (χ4v) is 0.715. The summed E-state index contributed by atoms with van der Waals surface area (Å²) in [5, 5.41) is 0. The first kappa shape index (κ1) is 11.4. The highest BCUT2D eigenvalue weighted by molar-refractivity contribution is 5.69. The van der Waals surface area contributed by atoms with Gasteiger partial charge >= 0.3 is 5.97 Å². The van der Waals surface area contributed by atoms with E-state index in [1.165, 1.54) is 0 Å². The SMILES string of the molecule is CCCOC(=O)CC[N+](C)(C)C. The average molecular weight is 174 g/mol. The fraction of sp³-hybridized carbons (Fsp3) is 0.889. The molecule has 0 unspecified atom stereocenters. The molecule has 0 aromatic rings. The number of rotatable bonds is 5. The van der Waals surface area contributed by atoms with Crippen LogP contribution in [0.25, 0.3) is 0 Å². The number of esters is 1. The van der Waals surface area contributed by atoms with Crippen molar-refractivity contribution in [3.05, 3.63) is 0 Å². The van der Waals surface area contributed by atoms with E-state index in [0.717, 1.165) is 17.4 Å². The summed E-state index contributed by atoms with van der Waals surface area (Å²) in [7, 11) is 6.19. The van der Waals surface area contributed by atoms with E-state index in [0.29, 0.717) is 13.0 Å². The summed E-state index contributed by atoms with van der Waals surface area (Å²) >= 11 is 0. The zero-order chi connectivity index (χ0) is 9.61. The van der Waals surface area contributed by atoms with Crippen LogP contribution in [0.4, 0.5) is 0 Å². The molecule has 3 heteroatoms. The van der Waals surface area contributed by atoms with Crippen molar-refractivity contribution in [2.24, 2.45) is 0 Å². The van der Waals surface area contributed by atoms with E-state index in [1.807, 2.05) is 6.92 Å². The van der Waals surface area contributed by atoms with Crippen molar-refractivity contribution in [1.29, 1.82) is 0 Å². The second-order valence-corrected chi connectivity index (χ2v) is 3.98. The molecule has 12 heavy (non-hydrogen) atoms. The molecule has 0 atom stereocenters. The molecular weight excluding hydrogens is 154 g/mol. The first-order chi connectivity index (χ1) is 5.45. The van der Waals surface area contributed by atoms with E-state index in [4.69, 9.17) is 4.74 Å². The van der Waals surface area contributed by atoms with Gasteiger partial charge in [0.2, 0.25) is 0 Å². The van der Waals surface area contributed by atoms with E-state index in [1.54, 1.807) is 0 Å². The molecule has 0 aliphatic rings. The number of carbonyl (C=O) groups is 1. The average Bonchev–Trinajstić information content (AvgIpc) is 1.95. The molecule has 0 rings (SSSR count). The van der Waals surface area contributed by atoms with Crippen LogP contribution in [0.15, 0.2) is 0 Å². The molecule has 0 bridgehead atoms. The molecule has 0 saturated carbocycles. The molecule has 0 spiro atoms. The second kappa shape index (κ2) is 5.14. The van der Waals surface area contributed by atoms with Crippen molar-refractivity contribution in [3.8, 4) is 0 Å². The van der Waals surface area contributed by atoms with Crippen molar-refractivity contribution in [2.45, 2.75) is 19.8 Å². The van der Waals surface area contributed by atoms with Crippen LogP contribution in [0, 0.1) is 0 Å². The maximum atomic E-state index is 11.0. The van der Waals surface area contributed by atoms with Gasteiger partial charge in [-0.15, -0.1) is 0 Å². The minimum atomic E-state index is -0.0788. The molecule has 0 aliphatic heterocycles. The quantitative estimate of drug-likeness (QED) is 0.460. The predicted octanol–water partition coefficient (Wildman–Crippen LogP) is 1.04. The summed E-state index contributed by atoms with van der Waals surface area (Å²) in [4.78, 5) is 11.0. The lowest BCUT2D eigenvalue weighted by molar-refractivity contribution is -0.869. The summed E-state index contributed by atoms with van der Waals surface area (Å²) in [6, 6.07) is 0. The number of hydrogen-bond acceptors (Lipinski definition) is 2. The highest BCUT2D eigenvalue weighted by Gasteiger charge is 2.11. The molecule has 3 nitrogen and oxygen atoms in total. The van der Waals surface area contributed by atoms with Crippen LogP contribution in [0.1, 0.15) is 19.8 Å². The molecule has 0 heterocycles. The minimum absolute atomic E-state index is 0.0788. The number of quaternary nitrogens is 1. The van der Waals surface area contributed by atoms with E-state index in [2.05, 4.69) is 21.1 Å². The zero-order valence-electron chi connectivity index (χ0n) is 8.59. The molecule has 72 valence electrons. The van der Waals surface area contributed by atoms with Crippen LogP contribution in [-0.4, -0.2) is 44.7 Å². The van der Waals surface area contributed by atoms with Gasteiger partial charge in [-0.1, -0.05) is 6.92 Å². The van der Waals surface area contributed by atoms with E-state index >= 15 is 0 Å². The van der Waals surface area contributed by atoms with Gasteiger partial charge in [0.05, 0.1) is 40.7 Å². The molecule has 0 N–H and O–H groups in total. The van der Waals surface area contributed by atoms with Crippen molar-refractivity contribution in [3.63, 3.8) is 0 Å². The molecule has 0 fully saturated rings. The summed E-state index contributed by atoms with van der Waals surface area (Å²) in [6.07, 6.45) is 1.42. The molecule has 0 amide bonds. The summed E-state index contributed by atoms with van der Waals surface area (Å²) < 4.78 is 5.74. The topological polar surface area (TPSA) is 26.3 Å². The molecular formula is C9H20NO2+. The normalized spacial score (nSPS) is 11.3. The molecule has 0 saturated heterocycles. The highest BCUT2D eigenvalue weighted by atomic mass is 16.5. The molecule has 0 radical (unpaired) electrons.